The van der Waals surface area contributed by atoms with Gasteiger partial charge in [0.2, 0.25) is 0 Å². The highest BCUT2D eigenvalue weighted by Crippen LogP contribution is 2.64. The first-order valence-corrected chi connectivity index (χ1v) is 14.5. The van der Waals surface area contributed by atoms with Gasteiger partial charge in [0.05, 0.1) is 39.4 Å². The summed E-state index contributed by atoms with van der Waals surface area (Å²) in [6.07, 6.45) is 0. The molecule has 3 heterocycles. The van der Waals surface area contributed by atoms with Crippen LogP contribution in [0.2, 0.25) is 0 Å². The molecule has 1 aliphatic rings. The number of ether oxygens (including phenoxy) is 1. The Kier molecular flexibility index (Phi) is 6.08. The van der Waals surface area contributed by atoms with Crippen molar-refractivity contribution in [2.75, 3.05) is 0 Å². The number of carboxylic acids is 1. The van der Waals surface area contributed by atoms with E-state index in [-0.39, 0.29) is 11.3 Å². The van der Waals surface area contributed by atoms with E-state index < -0.39 is 11.9 Å². The van der Waals surface area contributed by atoms with Crippen LogP contribution in [-0.4, -0.2) is 30.6 Å². The summed E-state index contributed by atoms with van der Waals surface area (Å²) in [5.41, 5.74) is 8.12. The maximum atomic E-state index is 12.1. The maximum absolute atomic E-state index is 12.1. The maximum Gasteiger partial charge on any atom is 0.307 e. The number of benzene rings is 3. The van der Waals surface area contributed by atoms with Crippen molar-refractivity contribution in [3.8, 4) is 17.0 Å². The number of aromatic nitrogens is 4. The van der Waals surface area contributed by atoms with E-state index in [0.717, 1.165) is 50.3 Å². The van der Waals surface area contributed by atoms with Crippen LogP contribution in [0, 0.1) is 11.3 Å². The van der Waals surface area contributed by atoms with Crippen molar-refractivity contribution in [2.45, 2.75) is 32.9 Å². The first-order valence-electron chi connectivity index (χ1n) is 13.6. The van der Waals surface area contributed by atoms with Gasteiger partial charge in [-0.3, -0.25) is 4.79 Å². The lowest BCUT2D eigenvalue weighted by molar-refractivity contribution is -0.139. The number of carboxylic acid groups (broad SMARTS) is 1. The van der Waals surface area contributed by atoms with Gasteiger partial charge in [-0.25, -0.2) is 15.0 Å². The van der Waals surface area contributed by atoms with Crippen LogP contribution in [0.4, 0.5) is 0 Å². The van der Waals surface area contributed by atoms with Crippen molar-refractivity contribution in [3.63, 3.8) is 0 Å². The standard InChI is InChI=1S/C33H28N4O3S/c1-33(2)29(30(33)32(38)39)31-36-26-15-24(40-17-23-12-11-21-5-3-4-6-25(21)35-23)13-14-28(26)37(31)16-20-7-9-22(10-8-20)27-18-41-19-34-27/h3-15,18-19,29-30H,16-17H2,1-2H3,(H,38,39)/t29-,30+/m1/s1. The number of aliphatic carboxylic acids is 1. The summed E-state index contributed by atoms with van der Waals surface area (Å²) >= 11 is 1.58. The molecule has 1 aliphatic carbocycles. The van der Waals surface area contributed by atoms with Crippen LogP contribution in [0.25, 0.3) is 33.2 Å². The largest absolute Gasteiger partial charge is 0.487 e. The van der Waals surface area contributed by atoms with Crippen LogP contribution >= 0.6 is 11.3 Å². The summed E-state index contributed by atoms with van der Waals surface area (Å²) in [4.78, 5) is 26.2. The number of carbonyl (C=O) groups is 1. The molecule has 0 saturated heterocycles. The minimum absolute atomic E-state index is 0.173. The Hall–Kier alpha value is -4.56. The van der Waals surface area contributed by atoms with E-state index in [1.807, 2.05) is 73.3 Å². The van der Waals surface area contributed by atoms with Crippen molar-refractivity contribution in [1.82, 2.24) is 19.5 Å². The number of thiazole rings is 1. The van der Waals surface area contributed by atoms with Crippen molar-refractivity contribution >= 4 is 39.2 Å². The quantitative estimate of drug-likeness (QED) is 0.212. The molecule has 1 fully saturated rings. The van der Waals surface area contributed by atoms with E-state index in [0.29, 0.717) is 18.9 Å². The third-order valence-corrected chi connectivity index (χ3v) is 8.77. The number of rotatable bonds is 8. The lowest BCUT2D eigenvalue weighted by Gasteiger charge is -2.11. The average molecular weight is 561 g/mol. The highest BCUT2D eigenvalue weighted by molar-refractivity contribution is 7.07. The van der Waals surface area contributed by atoms with Gasteiger partial charge in [-0.1, -0.05) is 62.4 Å². The molecule has 1 N–H and O–H groups in total. The highest BCUT2D eigenvalue weighted by Gasteiger charge is 2.64. The number of hydrogen-bond acceptors (Lipinski definition) is 6. The number of pyridine rings is 1. The Balaban J connectivity index is 1.20. The Bertz CT molecular complexity index is 1890. The van der Waals surface area contributed by atoms with E-state index in [9.17, 15) is 9.90 Å². The minimum Gasteiger partial charge on any atom is -0.487 e. The third-order valence-electron chi connectivity index (χ3n) is 8.19. The van der Waals surface area contributed by atoms with Gasteiger partial charge in [0, 0.05) is 34.9 Å². The summed E-state index contributed by atoms with van der Waals surface area (Å²) in [6.45, 7) is 4.94. The predicted octanol–water partition coefficient (Wildman–Crippen LogP) is 7.16. The van der Waals surface area contributed by atoms with Crippen LogP contribution in [0.1, 0.15) is 36.8 Å². The van der Waals surface area contributed by atoms with Crippen molar-refractivity contribution < 1.29 is 14.6 Å². The molecule has 8 heteroatoms. The molecule has 3 aromatic carbocycles. The normalized spacial score (nSPS) is 17.6. The van der Waals surface area contributed by atoms with Gasteiger partial charge in [-0.05, 0) is 35.2 Å². The van der Waals surface area contributed by atoms with Gasteiger partial charge in [0.1, 0.15) is 18.2 Å². The topological polar surface area (TPSA) is 90.1 Å². The molecule has 1 saturated carbocycles. The van der Waals surface area contributed by atoms with Gasteiger partial charge in [-0.15, -0.1) is 11.3 Å². The first-order chi connectivity index (χ1) is 19.9. The summed E-state index contributed by atoms with van der Waals surface area (Å²) < 4.78 is 8.29. The van der Waals surface area contributed by atoms with Crippen LogP contribution in [0.5, 0.6) is 5.75 Å². The van der Waals surface area contributed by atoms with Gasteiger partial charge >= 0.3 is 5.97 Å². The van der Waals surface area contributed by atoms with Gasteiger partial charge in [-0.2, -0.15) is 0 Å². The number of hydrogen-bond donors (Lipinski definition) is 1. The summed E-state index contributed by atoms with van der Waals surface area (Å²) in [5, 5.41) is 13.0. The van der Waals surface area contributed by atoms with Crippen LogP contribution < -0.4 is 4.74 Å². The lowest BCUT2D eigenvalue weighted by atomic mass is 10.1. The van der Waals surface area contributed by atoms with Gasteiger partial charge in [0.25, 0.3) is 0 Å². The van der Waals surface area contributed by atoms with Crippen molar-refractivity contribution in [3.05, 3.63) is 107 Å². The fraction of sp³-hybridized carbons (Fsp3) is 0.212. The van der Waals surface area contributed by atoms with Crippen LogP contribution in [0.3, 0.4) is 0 Å². The zero-order chi connectivity index (χ0) is 28.1. The number of fused-ring (bicyclic) bond motifs is 2. The predicted molar refractivity (Wildman–Crippen MR) is 160 cm³/mol. The zero-order valence-corrected chi connectivity index (χ0v) is 23.5. The molecular formula is C33H28N4O3S. The van der Waals surface area contributed by atoms with E-state index in [4.69, 9.17) is 14.7 Å². The third kappa shape index (κ3) is 4.64. The second-order valence-corrected chi connectivity index (χ2v) is 11.9. The fourth-order valence-electron chi connectivity index (χ4n) is 5.87. The lowest BCUT2D eigenvalue weighted by Crippen LogP contribution is -2.07. The summed E-state index contributed by atoms with van der Waals surface area (Å²) in [5.74, 6) is 0.0706. The molecule has 0 spiro atoms. The summed E-state index contributed by atoms with van der Waals surface area (Å²) in [6, 6.07) is 26.3. The number of para-hydroxylation sites is 1. The molecule has 7 rings (SSSR count). The summed E-state index contributed by atoms with van der Waals surface area (Å²) in [7, 11) is 0. The Morgan fingerprint density at radius 3 is 2.59 bits per heavy atom. The zero-order valence-electron chi connectivity index (χ0n) is 22.7. The number of nitrogens with zero attached hydrogens (tertiary/aromatic N) is 4. The Morgan fingerprint density at radius 1 is 1.00 bits per heavy atom. The van der Waals surface area contributed by atoms with E-state index >= 15 is 0 Å². The van der Waals surface area contributed by atoms with E-state index in [2.05, 4.69) is 39.9 Å². The molecule has 7 nitrogen and oxygen atoms in total. The Labute approximate surface area is 241 Å². The molecule has 3 aromatic heterocycles. The SMILES string of the molecule is CC1(C)[C@H](C(=O)O)[C@@H]1c1nc2cc(OCc3ccc4ccccc4n3)ccc2n1Cc1ccc(-c2cscn2)cc1. The van der Waals surface area contributed by atoms with Crippen LogP contribution in [-0.2, 0) is 17.9 Å². The van der Waals surface area contributed by atoms with E-state index in [1.165, 1.54) is 0 Å². The molecule has 204 valence electrons. The molecule has 41 heavy (non-hydrogen) atoms. The van der Waals surface area contributed by atoms with Gasteiger partial charge in [0.15, 0.2) is 0 Å². The highest BCUT2D eigenvalue weighted by atomic mass is 32.1. The fourth-order valence-corrected chi connectivity index (χ4v) is 6.43. The smallest absolute Gasteiger partial charge is 0.307 e. The second-order valence-electron chi connectivity index (χ2n) is 11.2. The Morgan fingerprint density at radius 2 is 1.83 bits per heavy atom. The van der Waals surface area contributed by atoms with Gasteiger partial charge < -0.3 is 14.4 Å². The van der Waals surface area contributed by atoms with Crippen LogP contribution in [0.15, 0.2) is 89.8 Å². The van der Waals surface area contributed by atoms with Crippen molar-refractivity contribution in [1.29, 1.82) is 0 Å². The molecular weight excluding hydrogens is 532 g/mol. The van der Waals surface area contributed by atoms with E-state index in [1.54, 1.807) is 11.3 Å². The molecule has 6 aromatic rings. The second kappa shape index (κ2) is 9.82. The van der Waals surface area contributed by atoms with Crippen molar-refractivity contribution in [2.24, 2.45) is 11.3 Å². The average Bonchev–Trinajstić information content (AvgIpc) is 3.33. The molecule has 0 amide bonds. The molecule has 2 atom stereocenters. The molecule has 0 radical (unpaired) electrons. The molecule has 0 unspecified atom stereocenters. The monoisotopic (exact) mass is 560 g/mol. The minimum atomic E-state index is -0.780. The number of imidazole rings is 1. The molecule has 0 aliphatic heterocycles. The first kappa shape index (κ1) is 25.4. The molecule has 0 bridgehead atoms.